The van der Waals surface area contributed by atoms with Crippen LogP contribution in [-0.4, -0.2) is 13.6 Å². The van der Waals surface area contributed by atoms with Crippen LogP contribution in [0.5, 0.6) is 0 Å². The number of nitrogens with one attached hydrogen (secondary N) is 1. The lowest BCUT2D eigenvalue weighted by Crippen LogP contribution is -2.16. The van der Waals surface area contributed by atoms with Crippen molar-refractivity contribution < 1.29 is 4.39 Å². The fourth-order valence-electron chi connectivity index (χ4n) is 1.59. The highest BCUT2D eigenvalue weighted by molar-refractivity contribution is 6.31. The van der Waals surface area contributed by atoms with E-state index >= 15 is 0 Å². The largest absolute Gasteiger partial charge is 0.319 e. The third-order valence-corrected chi connectivity index (χ3v) is 2.84. The van der Waals surface area contributed by atoms with Gasteiger partial charge in [-0.3, -0.25) is 0 Å². The summed E-state index contributed by atoms with van der Waals surface area (Å²) in [4.78, 5) is 0. The Labute approximate surface area is 95.6 Å². The Balaban J connectivity index is 2.53. The van der Waals surface area contributed by atoms with Gasteiger partial charge in [0.05, 0.1) is 0 Å². The number of hydrogen-bond acceptors (Lipinski definition) is 1. The Bertz CT molecular complexity index is 314. The van der Waals surface area contributed by atoms with Crippen LogP contribution in [0.1, 0.15) is 18.9 Å². The molecule has 0 amide bonds. The van der Waals surface area contributed by atoms with Crippen molar-refractivity contribution in [3.63, 3.8) is 0 Å². The summed E-state index contributed by atoms with van der Waals surface area (Å²) in [5.74, 6) is 0.366. The third-order valence-electron chi connectivity index (χ3n) is 2.47. The lowest BCUT2D eigenvalue weighted by atomic mass is 10.0. The highest BCUT2D eigenvalue weighted by atomic mass is 35.5. The van der Waals surface area contributed by atoms with Crippen molar-refractivity contribution in [1.82, 2.24) is 5.32 Å². The fraction of sp³-hybridized carbons (Fsp3) is 0.500. The van der Waals surface area contributed by atoms with Crippen molar-refractivity contribution in [3.8, 4) is 0 Å². The van der Waals surface area contributed by atoms with Gasteiger partial charge < -0.3 is 5.32 Å². The molecule has 1 atom stereocenters. The normalized spacial score (nSPS) is 12.8. The summed E-state index contributed by atoms with van der Waals surface area (Å²) in [5, 5.41) is 3.78. The van der Waals surface area contributed by atoms with Crippen LogP contribution in [0.2, 0.25) is 5.02 Å². The predicted molar refractivity (Wildman–Crippen MR) is 62.8 cm³/mol. The van der Waals surface area contributed by atoms with Gasteiger partial charge in [0.15, 0.2) is 0 Å². The van der Waals surface area contributed by atoms with Crippen LogP contribution in [0.25, 0.3) is 0 Å². The molecule has 84 valence electrons. The average molecular weight is 230 g/mol. The summed E-state index contributed by atoms with van der Waals surface area (Å²) in [6.45, 7) is 3.15. The topological polar surface area (TPSA) is 12.0 Å². The molecule has 0 saturated carbocycles. The van der Waals surface area contributed by atoms with E-state index in [0.717, 1.165) is 24.9 Å². The first-order valence-electron chi connectivity index (χ1n) is 5.22. The minimum Gasteiger partial charge on any atom is -0.319 e. The molecule has 0 aromatic heterocycles. The maximum Gasteiger partial charge on any atom is 0.123 e. The smallest absolute Gasteiger partial charge is 0.123 e. The van der Waals surface area contributed by atoms with E-state index in [0.29, 0.717) is 10.9 Å². The van der Waals surface area contributed by atoms with E-state index in [9.17, 15) is 4.39 Å². The Kier molecular flexibility index (Phi) is 5.06. The molecule has 0 heterocycles. The van der Waals surface area contributed by atoms with Crippen LogP contribution in [0.15, 0.2) is 18.2 Å². The Morgan fingerprint density at radius 3 is 2.87 bits per heavy atom. The zero-order chi connectivity index (χ0) is 11.3. The van der Waals surface area contributed by atoms with E-state index in [4.69, 9.17) is 11.6 Å². The molecule has 15 heavy (non-hydrogen) atoms. The standard InChI is InChI=1S/C12H17ClFN/c1-9(8-15-2)3-4-10-7-11(14)5-6-12(10)13/h5-7,9,15H,3-4,8H2,1-2H3. The van der Waals surface area contributed by atoms with Crippen LogP contribution in [0.4, 0.5) is 4.39 Å². The van der Waals surface area contributed by atoms with E-state index in [-0.39, 0.29) is 5.82 Å². The van der Waals surface area contributed by atoms with Crippen molar-refractivity contribution in [2.45, 2.75) is 19.8 Å². The molecule has 0 spiro atoms. The summed E-state index contributed by atoms with van der Waals surface area (Å²) in [6.07, 6.45) is 1.85. The lowest BCUT2D eigenvalue weighted by Gasteiger charge is -2.11. The quantitative estimate of drug-likeness (QED) is 0.817. The molecule has 0 aliphatic rings. The number of halogens is 2. The summed E-state index contributed by atoms with van der Waals surface area (Å²) in [5.41, 5.74) is 0.902. The Morgan fingerprint density at radius 2 is 2.20 bits per heavy atom. The molecule has 1 N–H and O–H groups in total. The first-order valence-corrected chi connectivity index (χ1v) is 5.59. The van der Waals surface area contributed by atoms with Crippen molar-refractivity contribution in [1.29, 1.82) is 0 Å². The molecule has 1 rings (SSSR count). The monoisotopic (exact) mass is 229 g/mol. The van der Waals surface area contributed by atoms with E-state index < -0.39 is 0 Å². The van der Waals surface area contributed by atoms with Gasteiger partial charge in [-0.25, -0.2) is 4.39 Å². The van der Waals surface area contributed by atoms with Crippen LogP contribution >= 0.6 is 11.6 Å². The van der Waals surface area contributed by atoms with Gasteiger partial charge in [0.1, 0.15) is 5.82 Å². The van der Waals surface area contributed by atoms with E-state index in [1.165, 1.54) is 12.1 Å². The van der Waals surface area contributed by atoms with E-state index in [1.54, 1.807) is 6.07 Å². The van der Waals surface area contributed by atoms with Crippen LogP contribution in [0.3, 0.4) is 0 Å². The van der Waals surface area contributed by atoms with Crippen LogP contribution in [0, 0.1) is 11.7 Å². The third kappa shape index (κ3) is 4.18. The molecule has 1 nitrogen and oxygen atoms in total. The number of hydrogen-bond donors (Lipinski definition) is 1. The second-order valence-electron chi connectivity index (χ2n) is 3.94. The summed E-state index contributed by atoms with van der Waals surface area (Å²) >= 11 is 5.97. The molecule has 3 heteroatoms. The van der Waals surface area contributed by atoms with Gasteiger partial charge in [0, 0.05) is 5.02 Å². The van der Waals surface area contributed by atoms with Gasteiger partial charge in [-0.05, 0) is 56.1 Å². The molecule has 1 unspecified atom stereocenters. The molecule has 0 bridgehead atoms. The SMILES string of the molecule is CNCC(C)CCc1cc(F)ccc1Cl. The van der Waals surface area contributed by atoms with Crippen molar-refractivity contribution in [2.75, 3.05) is 13.6 Å². The second-order valence-corrected chi connectivity index (χ2v) is 4.34. The van der Waals surface area contributed by atoms with Gasteiger partial charge >= 0.3 is 0 Å². The lowest BCUT2D eigenvalue weighted by molar-refractivity contribution is 0.504. The summed E-state index contributed by atoms with van der Waals surface area (Å²) < 4.78 is 12.9. The van der Waals surface area contributed by atoms with E-state index in [1.807, 2.05) is 7.05 Å². The summed E-state index contributed by atoms with van der Waals surface area (Å²) in [6, 6.07) is 4.53. The van der Waals surface area contributed by atoms with Crippen molar-refractivity contribution in [2.24, 2.45) is 5.92 Å². The highest BCUT2D eigenvalue weighted by Crippen LogP contribution is 2.20. The molecule has 0 aliphatic carbocycles. The fourth-order valence-corrected chi connectivity index (χ4v) is 1.80. The first kappa shape index (κ1) is 12.5. The van der Waals surface area contributed by atoms with E-state index in [2.05, 4.69) is 12.2 Å². The first-order chi connectivity index (χ1) is 7.13. The minimum atomic E-state index is -0.212. The van der Waals surface area contributed by atoms with Gasteiger partial charge in [0.2, 0.25) is 0 Å². The van der Waals surface area contributed by atoms with Gasteiger partial charge in [-0.1, -0.05) is 18.5 Å². The second kappa shape index (κ2) is 6.09. The maximum absolute atomic E-state index is 12.9. The van der Waals surface area contributed by atoms with Crippen LogP contribution < -0.4 is 5.32 Å². The molecule has 0 fully saturated rings. The predicted octanol–water partition coefficient (Wildman–Crippen LogP) is 3.27. The molecule has 0 saturated heterocycles. The van der Waals surface area contributed by atoms with Crippen molar-refractivity contribution in [3.05, 3.63) is 34.6 Å². The Hall–Kier alpha value is -0.600. The zero-order valence-electron chi connectivity index (χ0n) is 9.19. The highest BCUT2D eigenvalue weighted by Gasteiger charge is 2.05. The van der Waals surface area contributed by atoms with Crippen LogP contribution in [-0.2, 0) is 6.42 Å². The average Bonchev–Trinajstić information content (AvgIpc) is 2.20. The number of benzene rings is 1. The molecular weight excluding hydrogens is 213 g/mol. The summed E-state index contributed by atoms with van der Waals surface area (Å²) in [7, 11) is 1.94. The molecule has 0 radical (unpaired) electrons. The molecular formula is C12H17ClFN. The van der Waals surface area contributed by atoms with Crippen molar-refractivity contribution >= 4 is 11.6 Å². The number of aryl methyl sites for hydroxylation is 1. The molecule has 0 aliphatic heterocycles. The van der Waals surface area contributed by atoms with Gasteiger partial charge in [0.25, 0.3) is 0 Å². The van der Waals surface area contributed by atoms with Gasteiger partial charge in [-0.15, -0.1) is 0 Å². The Morgan fingerprint density at radius 1 is 1.47 bits per heavy atom. The van der Waals surface area contributed by atoms with Gasteiger partial charge in [-0.2, -0.15) is 0 Å². The molecule has 1 aromatic carbocycles. The minimum absolute atomic E-state index is 0.212. The maximum atomic E-state index is 12.9. The number of rotatable bonds is 5. The zero-order valence-corrected chi connectivity index (χ0v) is 9.94. The molecule has 1 aromatic rings.